The smallest absolute Gasteiger partial charge is 0.251 e. The van der Waals surface area contributed by atoms with Crippen molar-refractivity contribution in [1.82, 2.24) is 10.6 Å². The Morgan fingerprint density at radius 2 is 1.64 bits per heavy atom. The zero-order chi connectivity index (χ0) is 23.5. The summed E-state index contributed by atoms with van der Waals surface area (Å²) in [4.78, 5) is 41.4. The number of nitrogens with two attached hydrogens (primary N) is 3. The monoisotopic (exact) mass is 493 g/mol. The van der Waals surface area contributed by atoms with E-state index in [9.17, 15) is 14.4 Å². The molecule has 2 rings (SSSR count). The lowest BCUT2D eigenvalue weighted by atomic mass is 10.0. The number of rotatable bonds is 11. The molecular weight excluding hydrogens is 467 g/mol. The summed E-state index contributed by atoms with van der Waals surface area (Å²) in [6, 6.07) is 13.6. The molecule has 11 heteroatoms. The molecule has 3 amide bonds. The first kappa shape index (κ1) is 27.7. The fraction of sp³-hybridized carbons (Fsp3) is 0.273. The molecule has 8 N–H and O–H groups in total. The fourth-order valence-corrected chi connectivity index (χ4v) is 3.18. The summed E-state index contributed by atoms with van der Waals surface area (Å²) in [6.45, 7) is 0.280. The van der Waals surface area contributed by atoms with Gasteiger partial charge in [-0.25, -0.2) is 0 Å². The number of hydrogen-bond acceptors (Lipinski definition) is 4. The maximum Gasteiger partial charge on any atom is 0.251 e. The van der Waals surface area contributed by atoms with Gasteiger partial charge in [-0.15, -0.1) is 0 Å². The molecule has 0 saturated heterocycles. The minimum Gasteiger partial charge on any atom is -1.00 e. The molecule has 0 aromatic heterocycles. The Balaban J connectivity index is 0.00000544. The van der Waals surface area contributed by atoms with Crippen LogP contribution < -0.4 is 40.2 Å². The Hall–Kier alpha value is -3.30. The molecule has 0 heterocycles. The minimum atomic E-state index is -0.937. The summed E-state index contributed by atoms with van der Waals surface area (Å²) >= 11 is 5.95. The lowest BCUT2D eigenvalue weighted by Gasteiger charge is -2.22. The largest absolute Gasteiger partial charge is 1.00 e. The van der Waals surface area contributed by atoms with E-state index in [1.807, 2.05) is 30.3 Å². The summed E-state index contributed by atoms with van der Waals surface area (Å²) in [7, 11) is 0. The first-order chi connectivity index (χ1) is 15.3. The SMILES string of the molecule is NC(=O)[C@H](Cc1ccccc1)NC(=O)[C@H](CCCN=C(N)N)NC(=O)c1cccc(Cl)c1.[Cl-]. The summed E-state index contributed by atoms with van der Waals surface area (Å²) in [6.07, 6.45) is 0.891. The third-order valence-corrected chi connectivity index (χ3v) is 4.83. The van der Waals surface area contributed by atoms with Crippen molar-refractivity contribution in [2.75, 3.05) is 6.54 Å². The fourth-order valence-electron chi connectivity index (χ4n) is 2.99. The molecule has 2 aromatic carbocycles. The highest BCUT2D eigenvalue weighted by Crippen LogP contribution is 2.11. The maximum atomic E-state index is 13.0. The van der Waals surface area contributed by atoms with E-state index < -0.39 is 29.8 Å². The van der Waals surface area contributed by atoms with Gasteiger partial charge in [0, 0.05) is 23.6 Å². The van der Waals surface area contributed by atoms with Crippen LogP contribution in [0.25, 0.3) is 0 Å². The molecule has 2 aromatic rings. The van der Waals surface area contributed by atoms with Gasteiger partial charge in [-0.05, 0) is 36.6 Å². The van der Waals surface area contributed by atoms with Crippen molar-refractivity contribution in [1.29, 1.82) is 0 Å². The van der Waals surface area contributed by atoms with Crippen LogP contribution in [-0.4, -0.2) is 42.3 Å². The molecule has 0 aliphatic carbocycles. The van der Waals surface area contributed by atoms with Crippen LogP contribution in [0.2, 0.25) is 5.02 Å². The van der Waals surface area contributed by atoms with E-state index >= 15 is 0 Å². The maximum absolute atomic E-state index is 13.0. The van der Waals surface area contributed by atoms with E-state index in [-0.39, 0.29) is 37.8 Å². The molecule has 0 radical (unpaired) electrons. The van der Waals surface area contributed by atoms with E-state index in [4.69, 9.17) is 28.8 Å². The number of hydrogen-bond donors (Lipinski definition) is 5. The van der Waals surface area contributed by atoms with E-state index in [2.05, 4.69) is 15.6 Å². The first-order valence-electron chi connectivity index (χ1n) is 10.0. The van der Waals surface area contributed by atoms with Crippen LogP contribution in [0.5, 0.6) is 0 Å². The van der Waals surface area contributed by atoms with Crippen LogP contribution in [0, 0.1) is 0 Å². The standard InChI is InChI=1S/C22H27ClN6O3.ClH/c23-16-9-4-8-15(13-16)20(31)28-17(10-5-11-27-22(25)26)21(32)29-18(19(24)30)12-14-6-2-1-3-7-14;/h1-4,6-9,13,17-18H,5,10-12H2,(H2,24,30)(H,28,31)(H,29,32)(H4,25,26,27);1H/p-1/t17-,18-;/m0./s1. The second-order valence-corrected chi connectivity index (χ2v) is 7.57. The number of aliphatic imine (C=N–C) groups is 1. The van der Waals surface area contributed by atoms with Crippen molar-refractivity contribution in [2.24, 2.45) is 22.2 Å². The van der Waals surface area contributed by atoms with Crippen molar-refractivity contribution in [3.8, 4) is 0 Å². The third kappa shape index (κ3) is 9.80. The zero-order valence-corrected chi connectivity index (χ0v) is 19.4. The van der Waals surface area contributed by atoms with Crippen molar-refractivity contribution in [3.63, 3.8) is 0 Å². The number of primary amides is 1. The highest BCUT2D eigenvalue weighted by molar-refractivity contribution is 6.31. The topological polar surface area (TPSA) is 166 Å². The highest BCUT2D eigenvalue weighted by Gasteiger charge is 2.26. The molecule has 0 saturated carbocycles. The summed E-state index contributed by atoms with van der Waals surface area (Å²) in [5.41, 5.74) is 17.3. The molecular formula is C22H27Cl2N6O3-. The number of benzene rings is 2. The lowest BCUT2D eigenvalue weighted by Crippen LogP contribution is -3.00. The van der Waals surface area contributed by atoms with Crippen LogP contribution in [0.4, 0.5) is 0 Å². The Kier molecular flexibility index (Phi) is 11.7. The van der Waals surface area contributed by atoms with Crippen molar-refractivity contribution in [2.45, 2.75) is 31.3 Å². The Labute approximate surface area is 203 Å². The average molecular weight is 494 g/mol. The number of guanidine groups is 1. The molecule has 0 spiro atoms. The molecule has 0 aliphatic rings. The Bertz CT molecular complexity index is 968. The van der Waals surface area contributed by atoms with Gasteiger partial charge < -0.3 is 40.2 Å². The van der Waals surface area contributed by atoms with Crippen LogP contribution in [0.15, 0.2) is 59.6 Å². The molecule has 0 fully saturated rings. The minimum absolute atomic E-state index is 0. The van der Waals surface area contributed by atoms with Crippen LogP contribution in [0.1, 0.15) is 28.8 Å². The molecule has 0 bridgehead atoms. The second kappa shape index (κ2) is 14.0. The van der Waals surface area contributed by atoms with Gasteiger partial charge in [-0.3, -0.25) is 19.4 Å². The molecule has 2 atom stereocenters. The zero-order valence-electron chi connectivity index (χ0n) is 17.8. The predicted octanol–water partition coefficient (Wildman–Crippen LogP) is -2.29. The molecule has 178 valence electrons. The first-order valence-corrected chi connectivity index (χ1v) is 10.4. The average Bonchev–Trinajstić information content (AvgIpc) is 2.75. The third-order valence-electron chi connectivity index (χ3n) is 4.60. The lowest BCUT2D eigenvalue weighted by molar-refractivity contribution is -0.128. The normalized spacial score (nSPS) is 11.9. The number of carbonyl (C=O) groups is 3. The number of carbonyl (C=O) groups excluding carboxylic acids is 3. The number of nitrogens with zero attached hydrogens (tertiary/aromatic N) is 1. The van der Waals surface area contributed by atoms with Gasteiger partial charge in [0.25, 0.3) is 5.91 Å². The van der Waals surface area contributed by atoms with Crippen LogP contribution in [-0.2, 0) is 16.0 Å². The molecule has 0 unspecified atom stereocenters. The highest BCUT2D eigenvalue weighted by atomic mass is 35.5. The number of halogens is 2. The van der Waals surface area contributed by atoms with E-state index in [1.165, 1.54) is 6.07 Å². The van der Waals surface area contributed by atoms with Gasteiger partial charge in [-0.2, -0.15) is 0 Å². The van der Waals surface area contributed by atoms with E-state index in [0.717, 1.165) is 5.56 Å². The summed E-state index contributed by atoms with van der Waals surface area (Å²) in [5.74, 6) is -1.76. The van der Waals surface area contributed by atoms with Gasteiger partial charge in [-0.1, -0.05) is 48.0 Å². The Morgan fingerprint density at radius 1 is 0.939 bits per heavy atom. The van der Waals surface area contributed by atoms with Crippen molar-refractivity contribution < 1.29 is 26.8 Å². The van der Waals surface area contributed by atoms with Crippen molar-refractivity contribution in [3.05, 3.63) is 70.7 Å². The predicted molar refractivity (Wildman–Crippen MR) is 124 cm³/mol. The summed E-state index contributed by atoms with van der Waals surface area (Å²) in [5, 5.41) is 5.72. The summed E-state index contributed by atoms with van der Waals surface area (Å²) < 4.78 is 0. The molecule has 33 heavy (non-hydrogen) atoms. The quantitative estimate of drug-likeness (QED) is 0.135. The van der Waals surface area contributed by atoms with Gasteiger partial charge in [0.05, 0.1) is 0 Å². The molecule has 9 nitrogen and oxygen atoms in total. The van der Waals surface area contributed by atoms with E-state index in [1.54, 1.807) is 18.2 Å². The van der Waals surface area contributed by atoms with Crippen LogP contribution in [0.3, 0.4) is 0 Å². The van der Waals surface area contributed by atoms with Gasteiger partial charge >= 0.3 is 0 Å². The second-order valence-electron chi connectivity index (χ2n) is 7.14. The van der Waals surface area contributed by atoms with Crippen LogP contribution >= 0.6 is 11.6 Å². The van der Waals surface area contributed by atoms with E-state index in [0.29, 0.717) is 17.0 Å². The number of amides is 3. The van der Waals surface area contributed by atoms with Gasteiger partial charge in [0.2, 0.25) is 11.8 Å². The number of nitrogens with one attached hydrogen (secondary N) is 2. The van der Waals surface area contributed by atoms with Crippen molar-refractivity contribution >= 4 is 35.3 Å². The molecule has 0 aliphatic heterocycles. The van der Waals surface area contributed by atoms with Gasteiger partial charge in [0.1, 0.15) is 12.1 Å². The Morgan fingerprint density at radius 3 is 2.24 bits per heavy atom. The van der Waals surface area contributed by atoms with Gasteiger partial charge in [0.15, 0.2) is 5.96 Å².